The summed E-state index contributed by atoms with van der Waals surface area (Å²) >= 11 is 5.33. The molecule has 0 atom stereocenters. The molecule has 1 N–H and O–H groups in total. The first-order valence-electron chi connectivity index (χ1n) is 4.05. The zero-order valence-electron chi connectivity index (χ0n) is 6.82. The van der Waals surface area contributed by atoms with Crippen LogP contribution in [0.1, 0.15) is 26.2 Å². The molecule has 0 aromatic carbocycles. The fourth-order valence-electron chi connectivity index (χ4n) is 1.17. The zero-order chi connectivity index (χ0) is 8.32. The van der Waals surface area contributed by atoms with E-state index in [9.17, 15) is 4.79 Å². The van der Waals surface area contributed by atoms with Crippen LogP contribution in [0.3, 0.4) is 0 Å². The van der Waals surface area contributed by atoms with E-state index in [0.29, 0.717) is 5.41 Å². The number of hydrogen-bond acceptors (Lipinski definition) is 1. The average Bonchev–Trinajstić information content (AvgIpc) is 2.81. The Kier molecular flexibility index (Phi) is 2.77. The van der Waals surface area contributed by atoms with Gasteiger partial charge in [0.25, 0.3) is 0 Å². The first-order chi connectivity index (χ1) is 5.22. The van der Waals surface area contributed by atoms with Crippen LogP contribution in [-0.4, -0.2) is 18.3 Å². The van der Waals surface area contributed by atoms with Crippen molar-refractivity contribution in [2.75, 3.05) is 12.4 Å². The van der Waals surface area contributed by atoms with E-state index in [0.717, 1.165) is 13.0 Å². The largest absolute Gasteiger partial charge is 0.355 e. The summed E-state index contributed by atoms with van der Waals surface area (Å²) in [6.45, 7) is 2.98. The van der Waals surface area contributed by atoms with Gasteiger partial charge in [0, 0.05) is 6.54 Å². The maximum Gasteiger partial charge on any atom is 0.234 e. The quantitative estimate of drug-likeness (QED) is 0.646. The highest BCUT2D eigenvalue weighted by Crippen LogP contribution is 2.47. The van der Waals surface area contributed by atoms with E-state index < -0.39 is 0 Å². The molecule has 0 saturated heterocycles. The van der Waals surface area contributed by atoms with Gasteiger partial charge in [-0.25, -0.2) is 0 Å². The SMILES string of the molecule is CCC1(CNC(=O)CCl)CC1. The molecular formula is C8H14ClNO. The molecule has 0 aliphatic heterocycles. The molecule has 0 bridgehead atoms. The molecule has 0 spiro atoms. The van der Waals surface area contributed by atoms with Gasteiger partial charge in [-0.1, -0.05) is 6.92 Å². The highest BCUT2D eigenvalue weighted by molar-refractivity contribution is 6.27. The summed E-state index contributed by atoms with van der Waals surface area (Å²) in [6, 6.07) is 0. The highest BCUT2D eigenvalue weighted by Gasteiger charge is 2.40. The van der Waals surface area contributed by atoms with Crippen molar-refractivity contribution in [3.8, 4) is 0 Å². The van der Waals surface area contributed by atoms with Crippen molar-refractivity contribution in [3.05, 3.63) is 0 Å². The number of hydrogen-bond donors (Lipinski definition) is 1. The summed E-state index contributed by atoms with van der Waals surface area (Å²) in [5.74, 6) is 0.0335. The van der Waals surface area contributed by atoms with E-state index in [2.05, 4.69) is 12.2 Å². The molecule has 1 aliphatic carbocycles. The van der Waals surface area contributed by atoms with E-state index in [1.54, 1.807) is 0 Å². The molecule has 0 radical (unpaired) electrons. The van der Waals surface area contributed by atoms with Crippen LogP contribution in [0.15, 0.2) is 0 Å². The Morgan fingerprint density at radius 1 is 1.64 bits per heavy atom. The predicted octanol–water partition coefficient (Wildman–Crippen LogP) is 1.53. The van der Waals surface area contributed by atoms with Gasteiger partial charge in [0.1, 0.15) is 5.88 Å². The molecule has 0 unspecified atom stereocenters. The van der Waals surface area contributed by atoms with Gasteiger partial charge in [-0.2, -0.15) is 0 Å². The zero-order valence-corrected chi connectivity index (χ0v) is 7.58. The van der Waals surface area contributed by atoms with Crippen molar-refractivity contribution in [2.24, 2.45) is 5.41 Å². The minimum absolute atomic E-state index is 0.0496. The van der Waals surface area contributed by atoms with Crippen molar-refractivity contribution >= 4 is 17.5 Å². The van der Waals surface area contributed by atoms with Gasteiger partial charge in [-0.15, -0.1) is 11.6 Å². The number of nitrogens with one attached hydrogen (secondary N) is 1. The van der Waals surface area contributed by atoms with Crippen molar-refractivity contribution in [1.82, 2.24) is 5.32 Å². The summed E-state index contributed by atoms with van der Waals surface area (Å²) in [5.41, 5.74) is 0.432. The molecule has 1 rings (SSSR count). The van der Waals surface area contributed by atoms with E-state index in [1.807, 2.05) is 0 Å². The van der Waals surface area contributed by atoms with Crippen LogP contribution in [0.5, 0.6) is 0 Å². The first-order valence-corrected chi connectivity index (χ1v) is 4.58. The summed E-state index contributed by atoms with van der Waals surface area (Å²) in [5, 5.41) is 2.82. The maximum atomic E-state index is 10.8. The maximum absolute atomic E-state index is 10.8. The smallest absolute Gasteiger partial charge is 0.234 e. The van der Waals surface area contributed by atoms with Crippen LogP contribution in [0.2, 0.25) is 0 Å². The third-order valence-corrected chi connectivity index (χ3v) is 2.73. The topological polar surface area (TPSA) is 29.1 Å². The second-order valence-electron chi connectivity index (χ2n) is 3.26. The third kappa shape index (κ3) is 2.37. The molecule has 1 amide bonds. The molecule has 1 aliphatic rings. The van der Waals surface area contributed by atoms with Crippen molar-refractivity contribution in [1.29, 1.82) is 0 Å². The molecule has 0 heterocycles. The minimum Gasteiger partial charge on any atom is -0.355 e. The van der Waals surface area contributed by atoms with E-state index in [1.165, 1.54) is 12.8 Å². The molecular weight excluding hydrogens is 162 g/mol. The van der Waals surface area contributed by atoms with Gasteiger partial charge >= 0.3 is 0 Å². The summed E-state index contributed by atoms with van der Waals surface area (Å²) in [6.07, 6.45) is 3.67. The van der Waals surface area contributed by atoms with Crippen LogP contribution in [-0.2, 0) is 4.79 Å². The molecule has 0 aromatic heterocycles. The van der Waals surface area contributed by atoms with Crippen LogP contribution >= 0.6 is 11.6 Å². The predicted molar refractivity (Wildman–Crippen MR) is 45.7 cm³/mol. The molecule has 3 heteroatoms. The van der Waals surface area contributed by atoms with Gasteiger partial charge in [-0.05, 0) is 24.7 Å². The molecule has 0 aromatic rings. The van der Waals surface area contributed by atoms with Gasteiger partial charge in [0.05, 0.1) is 0 Å². The Morgan fingerprint density at radius 3 is 2.64 bits per heavy atom. The minimum atomic E-state index is -0.0496. The molecule has 1 fully saturated rings. The van der Waals surface area contributed by atoms with Crippen LogP contribution in [0, 0.1) is 5.41 Å². The summed E-state index contributed by atoms with van der Waals surface area (Å²) in [7, 11) is 0. The van der Waals surface area contributed by atoms with Gasteiger partial charge in [0.15, 0.2) is 0 Å². The molecule has 11 heavy (non-hydrogen) atoms. The van der Waals surface area contributed by atoms with Gasteiger partial charge in [0.2, 0.25) is 5.91 Å². The summed E-state index contributed by atoms with van der Waals surface area (Å²) < 4.78 is 0. The number of rotatable bonds is 4. The average molecular weight is 176 g/mol. The number of carbonyl (C=O) groups excluding carboxylic acids is 1. The molecule has 1 saturated carbocycles. The van der Waals surface area contributed by atoms with Crippen LogP contribution in [0.25, 0.3) is 0 Å². The molecule has 2 nitrogen and oxygen atoms in total. The van der Waals surface area contributed by atoms with E-state index in [4.69, 9.17) is 11.6 Å². The lowest BCUT2D eigenvalue weighted by Crippen LogP contribution is -2.30. The number of carbonyl (C=O) groups is 1. The van der Waals surface area contributed by atoms with Crippen molar-refractivity contribution < 1.29 is 4.79 Å². The van der Waals surface area contributed by atoms with E-state index in [-0.39, 0.29) is 11.8 Å². The Morgan fingerprint density at radius 2 is 2.27 bits per heavy atom. The normalized spacial score (nSPS) is 19.5. The second-order valence-corrected chi connectivity index (χ2v) is 3.53. The lowest BCUT2D eigenvalue weighted by Gasteiger charge is -2.11. The second kappa shape index (κ2) is 3.44. The number of halogens is 1. The standard InChI is InChI=1S/C8H14ClNO/c1-2-8(3-4-8)6-10-7(11)5-9/h2-6H2,1H3,(H,10,11). The van der Waals surface area contributed by atoms with Gasteiger partial charge < -0.3 is 5.32 Å². The highest BCUT2D eigenvalue weighted by atomic mass is 35.5. The Bertz CT molecular complexity index is 154. The third-order valence-electron chi connectivity index (χ3n) is 2.49. The summed E-state index contributed by atoms with van der Waals surface area (Å²) in [4.78, 5) is 10.8. The van der Waals surface area contributed by atoms with Crippen LogP contribution < -0.4 is 5.32 Å². The fraction of sp³-hybridized carbons (Fsp3) is 0.875. The molecule has 64 valence electrons. The lowest BCUT2D eigenvalue weighted by atomic mass is 10.0. The van der Waals surface area contributed by atoms with Crippen molar-refractivity contribution in [2.45, 2.75) is 26.2 Å². The first kappa shape index (κ1) is 8.85. The van der Waals surface area contributed by atoms with Gasteiger partial charge in [-0.3, -0.25) is 4.79 Å². The Labute approximate surface area is 72.3 Å². The van der Waals surface area contributed by atoms with E-state index >= 15 is 0 Å². The Hall–Kier alpha value is -0.240. The number of amides is 1. The van der Waals surface area contributed by atoms with Crippen LogP contribution in [0.4, 0.5) is 0 Å². The Balaban J connectivity index is 2.16. The fourth-order valence-corrected chi connectivity index (χ4v) is 1.26. The van der Waals surface area contributed by atoms with Crippen molar-refractivity contribution in [3.63, 3.8) is 0 Å². The number of alkyl halides is 1. The lowest BCUT2D eigenvalue weighted by molar-refractivity contribution is -0.118. The monoisotopic (exact) mass is 175 g/mol.